The van der Waals surface area contributed by atoms with Crippen LogP contribution < -0.4 is 11.1 Å². The predicted molar refractivity (Wildman–Crippen MR) is 79.7 cm³/mol. The molecule has 0 amide bonds. The molecule has 3 nitrogen and oxygen atoms in total. The lowest BCUT2D eigenvalue weighted by atomic mass is 10.1. The SMILES string of the molecule is CC(Nc1ccc(N)c2cc(Br)cnc12)C1CC1. The molecule has 1 heterocycles. The van der Waals surface area contributed by atoms with Gasteiger partial charge in [0.25, 0.3) is 0 Å². The second-order valence-electron chi connectivity index (χ2n) is 5.02. The molecule has 4 heteroatoms. The number of nitrogen functional groups attached to an aromatic ring is 1. The van der Waals surface area contributed by atoms with E-state index in [0.29, 0.717) is 6.04 Å². The van der Waals surface area contributed by atoms with Gasteiger partial charge in [-0.2, -0.15) is 0 Å². The Morgan fingerprint density at radius 2 is 2.22 bits per heavy atom. The Balaban J connectivity index is 2.03. The van der Waals surface area contributed by atoms with Gasteiger partial charge in [0.15, 0.2) is 0 Å². The van der Waals surface area contributed by atoms with E-state index in [2.05, 4.69) is 33.2 Å². The highest BCUT2D eigenvalue weighted by molar-refractivity contribution is 9.10. The Hall–Kier alpha value is -1.29. The van der Waals surface area contributed by atoms with Crippen molar-refractivity contribution < 1.29 is 0 Å². The summed E-state index contributed by atoms with van der Waals surface area (Å²) in [5.74, 6) is 0.813. The van der Waals surface area contributed by atoms with E-state index in [0.717, 1.165) is 32.7 Å². The average Bonchev–Trinajstić information content (AvgIpc) is 3.17. The minimum atomic E-state index is 0.502. The second-order valence-corrected chi connectivity index (χ2v) is 5.94. The largest absolute Gasteiger partial charge is 0.398 e. The molecule has 1 saturated carbocycles. The first-order valence-electron chi connectivity index (χ1n) is 6.25. The van der Waals surface area contributed by atoms with Crippen LogP contribution in [0.4, 0.5) is 11.4 Å². The van der Waals surface area contributed by atoms with Crippen molar-refractivity contribution in [1.82, 2.24) is 4.98 Å². The van der Waals surface area contributed by atoms with Crippen molar-refractivity contribution in [3.63, 3.8) is 0 Å². The molecule has 1 atom stereocenters. The van der Waals surface area contributed by atoms with Crippen LogP contribution in [0.15, 0.2) is 28.9 Å². The van der Waals surface area contributed by atoms with Gasteiger partial charge in [0.1, 0.15) is 0 Å². The zero-order valence-corrected chi connectivity index (χ0v) is 11.9. The third-order valence-electron chi connectivity index (χ3n) is 3.56. The number of pyridine rings is 1. The van der Waals surface area contributed by atoms with Crippen LogP contribution in [0.5, 0.6) is 0 Å². The minimum absolute atomic E-state index is 0.502. The third-order valence-corrected chi connectivity index (χ3v) is 4.00. The standard InChI is InChI=1S/C14H16BrN3/c1-8(9-2-3-9)18-13-5-4-12(16)11-6-10(15)7-17-14(11)13/h4-9,18H,2-3,16H2,1H3. The molecule has 1 aromatic carbocycles. The molecule has 1 aliphatic rings. The maximum atomic E-state index is 6.01. The van der Waals surface area contributed by atoms with Crippen LogP contribution in [0.2, 0.25) is 0 Å². The number of benzene rings is 1. The van der Waals surface area contributed by atoms with E-state index in [-0.39, 0.29) is 0 Å². The van der Waals surface area contributed by atoms with Gasteiger partial charge in [-0.25, -0.2) is 0 Å². The summed E-state index contributed by atoms with van der Waals surface area (Å²) >= 11 is 3.44. The summed E-state index contributed by atoms with van der Waals surface area (Å²) in [4.78, 5) is 4.48. The van der Waals surface area contributed by atoms with Crippen LogP contribution in [0, 0.1) is 5.92 Å². The number of halogens is 1. The zero-order chi connectivity index (χ0) is 12.7. The normalized spacial score (nSPS) is 16.8. The highest BCUT2D eigenvalue weighted by Gasteiger charge is 2.28. The highest BCUT2D eigenvalue weighted by Crippen LogP contribution is 2.36. The Kier molecular flexibility index (Phi) is 2.90. The van der Waals surface area contributed by atoms with E-state index in [1.54, 1.807) is 0 Å². The number of aromatic nitrogens is 1. The van der Waals surface area contributed by atoms with Gasteiger partial charge in [-0.3, -0.25) is 4.98 Å². The minimum Gasteiger partial charge on any atom is -0.398 e. The van der Waals surface area contributed by atoms with Crippen LogP contribution in [-0.2, 0) is 0 Å². The Morgan fingerprint density at radius 1 is 1.44 bits per heavy atom. The molecule has 0 aliphatic heterocycles. The van der Waals surface area contributed by atoms with Crippen LogP contribution in [0.25, 0.3) is 10.9 Å². The first kappa shape index (κ1) is 11.8. The number of fused-ring (bicyclic) bond motifs is 1. The van der Waals surface area contributed by atoms with Crippen LogP contribution in [-0.4, -0.2) is 11.0 Å². The van der Waals surface area contributed by atoms with Crippen molar-refractivity contribution in [2.24, 2.45) is 5.92 Å². The van der Waals surface area contributed by atoms with Crippen molar-refractivity contribution in [2.75, 3.05) is 11.1 Å². The molecule has 0 bridgehead atoms. The summed E-state index contributed by atoms with van der Waals surface area (Å²) in [7, 11) is 0. The first-order valence-corrected chi connectivity index (χ1v) is 7.05. The lowest BCUT2D eigenvalue weighted by Gasteiger charge is -2.16. The third kappa shape index (κ3) is 2.17. The van der Waals surface area contributed by atoms with Crippen LogP contribution in [0.1, 0.15) is 19.8 Å². The lowest BCUT2D eigenvalue weighted by molar-refractivity contribution is 0.695. The molecule has 1 aliphatic carbocycles. The van der Waals surface area contributed by atoms with Gasteiger partial charge in [0.05, 0.1) is 11.2 Å². The molecule has 3 N–H and O–H groups in total. The van der Waals surface area contributed by atoms with Crippen molar-refractivity contribution in [3.05, 3.63) is 28.9 Å². The molecule has 0 spiro atoms. The monoisotopic (exact) mass is 305 g/mol. The molecule has 18 heavy (non-hydrogen) atoms. The van der Waals surface area contributed by atoms with E-state index in [1.165, 1.54) is 12.8 Å². The van der Waals surface area contributed by atoms with Crippen molar-refractivity contribution in [2.45, 2.75) is 25.8 Å². The fourth-order valence-electron chi connectivity index (χ4n) is 2.29. The molecule has 1 aromatic heterocycles. The summed E-state index contributed by atoms with van der Waals surface area (Å²) in [6.45, 7) is 2.23. The van der Waals surface area contributed by atoms with Gasteiger partial charge >= 0.3 is 0 Å². The van der Waals surface area contributed by atoms with Gasteiger partial charge < -0.3 is 11.1 Å². The fourth-order valence-corrected chi connectivity index (χ4v) is 2.62. The van der Waals surface area contributed by atoms with Crippen LogP contribution >= 0.6 is 15.9 Å². The molecule has 1 unspecified atom stereocenters. The topological polar surface area (TPSA) is 50.9 Å². The van der Waals surface area contributed by atoms with E-state index in [4.69, 9.17) is 5.73 Å². The molecule has 3 rings (SSSR count). The number of anilines is 2. The average molecular weight is 306 g/mol. The molecule has 2 aromatic rings. The van der Waals surface area contributed by atoms with Crippen molar-refractivity contribution in [1.29, 1.82) is 0 Å². The summed E-state index contributed by atoms with van der Waals surface area (Å²) < 4.78 is 0.953. The van der Waals surface area contributed by atoms with Gasteiger partial charge in [0, 0.05) is 27.8 Å². The molecule has 0 saturated heterocycles. The number of nitrogens with one attached hydrogen (secondary N) is 1. The smallest absolute Gasteiger partial charge is 0.0954 e. The molecule has 0 radical (unpaired) electrons. The number of nitrogens with two attached hydrogens (primary N) is 1. The fraction of sp³-hybridized carbons (Fsp3) is 0.357. The van der Waals surface area contributed by atoms with Crippen molar-refractivity contribution >= 4 is 38.2 Å². The molecular weight excluding hydrogens is 290 g/mol. The number of hydrogen-bond acceptors (Lipinski definition) is 3. The van der Waals surface area contributed by atoms with E-state index < -0.39 is 0 Å². The lowest BCUT2D eigenvalue weighted by Crippen LogP contribution is -2.17. The second kappa shape index (κ2) is 4.43. The maximum absolute atomic E-state index is 6.01. The van der Waals surface area contributed by atoms with E-state index in [1.807, 2.05) is 24.4 Å². The Morgan fingerprint density at radius 3 is 2.94 bits per heavy atom. The Labute approximate surface area is 115 Å². The summed E-state index contributed by atoms with van der Waals surface area (Å²) in [5, 5.41) is 4.56. The van der Waals surface area contributed by atoms with Gasteiger partial charge in [-0.1, -0.05) is 0 Å². The first-order chi connectivity index (χ1) is 8.65. The highest BCUT2D eigenvalue weighted by atomic mass is 79.9. The summed E-state index contributed by atoms with van der Waals surface area (Å²) in [6.07, 6.45) is 4.48. The van der Waals surface area contributed by atoms with Gasteiger partial charge in [-0.05, 0) is 59.8 Å². The molecular formula is C14H16BrN3. The van der Waals surface area contributed by atoms with E-state index in [9.17, 15) is 0 Å². The van der Waals surface area contributed by atoms with Gasteiger partial charge in [0.2, 0.25) is 0 Å². The Bertz CT molecular complexity index is 593. The van der Waals surface area contributed by atoms with Gasteiger partial charge in [-0.15, -0.1) is 0 Å². The predicted octanol–water partition coefficient (Wildman–Crippen LogP) is 3.79. The number of rotatable bonds is 3. The summed E-state index contributed by atoms with van der Waals surface area (Å²) in [6, 6.07) is 6.49. The number of nitrogens with zero attached hydrogens (tertiary/aromatic N) is 1. The number of hydrogen-bond donors (Lipinski definition) is 2. The summed E-state index contributed by atoms with van der Waals surface area (Å²) in [5.41, 5.74) is 8.80. The molecule has 94 valence electrons. The van der Waals surface area contributed by atoms with E-state index >= 15 is 0 Å². The quantitative estimate of drug-likeness (QED) is 0.848. The maximum Gasteiger partial charge on any atom is 0.0954 e. The molecule has 1 fully saturated rings. The van der Waals surface area contributed by atoms with Crippen molar-refractivity contribution in [3.8, 4) is 0 Å². The van der Waals surface area contributed by atoms with Crippen LogP contribution in [0.3, 0.4) is 0 Å². The zero-order valence-electron chi connectivity index (χ0n) is 10.3.